The Hall–Kier alpha value is -3.60. The van der Waals surface area contributed by atoms with Crippen molar-refractivity contribution in [3.05, 3.63) is 78.4 Å². The SMILES string of the molecule is CC(=O)Nc1ccc(C(=O)Nc2cc(-c3ccccc3)ccc2N)cc1. The molecule has 5 heteroatoms. The van der Waals surface area contributed by atoms with Crippen molar-refractivity contribution in [2.24, 2.45) is 0 Å². The zero-order valence-electron chi connectivity index (χ0n) is 14.3. The monoisotopic (exact) mass is 345 g/mol. The molecular formula is C21H19N3O2. The molecule has 3 rings (SSSR count). The third-order valence-corrected chi connectivity index (χ3v) is 3.88. The highest BCUT2D eigenvalue weighted by Gasteiger charge is 2.10. The van der Waals surface area contributed by atoms with Crippen molar-refractivity contribution in [2.45, 2.75) is 6.92 Å². The molecule has 26 heavy (non-hydrogen) atoms. The van der Waals surface area contributed by atoms with E-state index in [9.17, 15) is 9.59 Å². The van der Waals surface area contributed by atoms with Crippen molar-refractivity contribution < 1.29 is 9.59 Å². The Morgan fingerprint density at radius 1 is 0.808 bits per heavy atom. The van der Waals surface area contributed by atoms with E-state index < -0.39 is 0 Å². The summed E-state index contributed by atoms with van der Waals surface area (Å²) >= 11 is 0. The fourth-order valence-corrected chi connectivity index (χ4v) is 2.58. The number of rotatable bonds is 4. The van der Waals surface area contributed by atoms with Crippen LogP contribution in [0.1, 0.15) is 17.3 Å². The number of hydrogen-bond donors (Lipinski definition) is 3. The molecule has 3 aromatic carbocycles. The predicted molar refractivity (Wildman–Crippen MR) is 105 cm³/mol. The van der Waals surface area contributed by atoms with E-state index >= 15 is 0 Å². The summed E-state index contributed by atoms with van der Waals surface area (Å²) in [5, 5.41) is 5.51. The third kappa shape index (κ3) is 4.08. The average Bonchev–Trinajstić information content (AvgIpc) is 2.64. The Labute approximate surface area is 151 Å². The van der Waals surface area contributed by atoms with E-state index in [1.165, 1.54) is 6.92 Å². The first-order chi connectivity index (χ1) is 12.5. The Kier molecular flexibility index (Phi) is 4.99. The van der Waals surface area contributed by atoms with Gasteiger partial charge in [0.1, 0.15) is 0 Å². The van der Waals surface area contributed by atoms with Crippen LogP contribution in [-0.2, 0) is 4.79 Å². The molecule has 0 atom stereocenters. The van der Waals surface area contributed by atoms with Gasteiger partial charge in [-0.3, -0.25) is 9.59 Å². The Bertz CT molecular complexity index is 935. The van der Waals surface area contributed by atoms with Gasteiger partial charge in [0.05, 0.1) is 11.4 Å². The number of benzene rings is 3. The first-order valence-corrected chi connectivity index (χ1v) is 8.17. The molecule has 0 radical (unpaired) electrons. The summed E-state index contributed by atoms with van der Waals surface area (Å²) in [5.41, 5.74) is 10.2. The second kappa shape index (κ2) is 7.53. The van der Waals surface area contributed by atoms with Gasteiger partial charge in [-0.15, -0.1) is 0 Å². The van der Waals surface area contributed by atoms with E-state index in [-0.39, 0.29) is 11.8 Å². The number of anilines is 3. The maximum absolute atomic E-state index is 12.5. The van der Waals surface area contributed by atoms with Gasteiger partial charge >= 0.3 is 0 Å². The van der Waals surface area contributed by atoms with Crippen LogP contribution in [0.2, 0.25) is 0 Å². The fourth-order valence-electron chi connectivity index (χ4n) is 2.58. The van der Waals surface area contributed by atoms with Crippen LogP contribution in [0.5, 0.6) is 0 Å². The average molecular weight is 345 g/mol. The van der Waals surface area contributed by atoms with Gasteiger partial charge < -0.3 is 16.4 Å². The number of hydrogen-bond acceptors (Lipinski definition) is 3. The fraction of sp³-hybridized carbons (Fsp3) is 0.0476. The standard InChI is InChI=1S/C21H19N3O2/c1-14(25)23-18-10-7-16(8-11-18)21(26)24-20-13-17(9-12-19(20)22)15-5-3-2-4-6-15/h2-13H,22H2,1H3,(H,23,25)(H,24,26). The van der Waals surface area contributed by atoms with Crippen LogP contribution >= 0.6 is 0 Å². The third-order valence-electron chi connectivity index (χ3n) is 3.88. The lowest BCUT2D eigenvalue weighted by atomic mass is 10.0. The van der Waals surface area contributed by atoms with Crippen molar-refractivity contribution in [3.63, 3.8) is 0 Å². The van der Waals surface area contributed by atoms with Gasteiger partial charge in [-0.2, -0.15) is 0 Å². The highest BCUT2D eigenvalue weighted by atomic mass is 16.2. The van der Waals surface area contributed by atoms with Crippen LogP contribution in [0.3, 0.4) is 0 Å². The molecule has 4 N–H and O–H groups in total. The van der Waals surface area contributed by atoms with Gasteiger partial charge in [-0.1, -0.05) is 36.4 Å². The number of carbonyl (C=O) groups is 2. The molecule has 3 aromatic rings. The molecule has 0 bridgehead atoms. The van der Waals surface area contributed by atoms with E-state index in [1.54, 1.807) is 30.3 Å². The molecule has 0 saturated carbocycles. The molecule has 0 saturated heterocycles. The Balaban J connectivity index is 1.79. The first kappa shape index (κ1) is 17.2. The van der Waals surface area contributed by atoms with E-state index in [0.29, 0.717) is 22.6 Å². The molecule has 2 amide bonds. The number of carbonyl (C=O) groups excluding carboxylic acids is 2. The number of nitrogen functional groups attached to an aromatic ring is 1. The van der Waals surface area contributed by atoms with Gasteiger partial charge in [-0.25, -0.2) is 0 Å². The zero-order valence-corrected chi connectivity index (χ0v) is 14.3. The maximum atomic E-state index is 12.5. The molecule has 0 aromatic heterocycles. The summed E-state index contributed by atoms with van der Waals surface area (Å²) in [6, 6.07) is 22.1. The summed E-state index contributed by atoms with van der Waals surface area (Å²) in [6.07, 6.45) is 0. The molecule has 0 spiro atoms. The Morgan fingerprint density at radius 3 is 2.15 bits per heavy atom. The van der Waals surface area contributed by atoms with Gasteiger partial charge in [-0.05, 0) is 47.5 Å². The van der Waals surface area contributed by atoms with Crippen molar-refractivity contribution in [2.75, 3.05) is 16.4 Å². The van der Waals surface area contributed by atoms with Gasteiger partial charge in [0, 0.05) is 18.2 Å². The lowest BCUT2D eigenvalue weighted by Crippen LogP contribution is -2.13. The van der Waals surface area contributed by atoms with Gasteiger partial charge in [0.2, 0.25) is 5.91 Å². The van der Waals surface area contributed by atoms with Crippen LogP contribution in [-0.4, -0.2) is 11.8 Å². The minimum absolute atomic E-state index is 0.160. The predicted octanol–water partition coefficient (Wildman–Crippen LogP) is 4.15. The number of nitrogens with two attached hydrogens (primary N) is 1. The molecule has 0 aliphatic heterocycles. The minimum atomic E-state index is -0.267. The highest BCUT2D eigenvalue weighted by molar-refractivity contribution is 6.06. The van der Waals surface area contributed by atoms with Crippen LogP contribution in [0.25, 0.3) is 11.1 Å². The number of amides is 2. The molecule has 130 valence electrons. The van der Waals surface area contributed by atoms with Crippen LogP contribution in [0.15, 0.2) is 72.8 Å². The molecule has 0 unspecified atom stereocenters. The van der Waals surface area contributed by atoms with Gasteiger partial charge in [0.25, 0.3) is 5.91 Å². The second-order valence-electron chi connectivity index (χ2n) is 5.88. The van der Waals surface area contributed by atoms with E-state index in [1.807, 2.05) is 42.5 Å². The van der Waals surface area contributed by atoms with Crippen molar-refractivity contribution in [1.29, 1.82) is 0 Å². The van der Waals surface area contributed by atoms with Crippen LogP contribution in [0.4, 0.5) is 17.1 Å². The zero-order chi connectivity index (χ0) is 18.5. The van der Waals surface area contributed by atoms with Crippen molar-refractivity contribution >= 4 is 28.9 Å². The molecular weight excluding hydrogens is 326 g/mol. The summed E-state index contributed by atoms with van der Waals surface area (Å²) in [6.45, 7) is 1.43. The molecule has 0 heterocycles. The van der Waals surface area contributed by atoms with Crippen LogP contribution < -0.4 is 16.4 Å². The van der Waals surface area contributed by atoms with E-state index in [4.69, 9.17) is 5.73 Å². The molecule has 0 aliphatic carbocycles. The summed E-state index contributed by atoms with van der Waals surface area (Å²) in [7, 11) is 0. The smallest absolute Gasteiger partial charge is 0.255 e. The van der Waals surface area contributed by atoms with E-state index in [2.05, 4.69) is 10.6 Å². The summed E-state index contributed by atoms with van der Waals surface area (Å²) in [5.74, 6) is -0.427. The van der Waals surface area contributed by atoms with Gasteiger partial charge in [0.15, 0.2) is 0 Å². The van der Waals surface area contributed by atoms with Crippen molar-refractivity contribution in [1.82, 2.24) is 0 Å². The summed E-state index contributed by atoms with van der Waals surface area (Å²) < 4.78 is 0. The number of nitrogens with one attached hydrogen (secondary N) is 2. The molecule has 5 nitrogen and oxygen atoms in total. The van der Waals surface area contributed by atoms with Crippen LogP contribution in [0, 0.1) is 0 Å². The molecule has 0 fully saturated rings. The lowest BCUT2D eigenvalue weighted by molar-refractivity contribution is -0.114. The van der Waals surface area contributed by atoms with Crippen molar-refractivity contribution in [3.8, 4) is 11.1 Å². The normalized spacial score (nSPS) is 10.2. The minimum Gasteiger partial charge on any atom is -0.397 e. The first-order valence-electron chi connectivity index (χ1n) is 8.17. The topological polar surface area (TPSA) is 84.2 Å². The quantitative estimate of drug-likeness (QED) is 0.621. The lowest BCUT2D eigenvalue weighted by Gasteiger charge is -2.11. The van der Waals surface area contributed by atoms with E-state index in [0.717, 1.165) is 11.1 Å². The second-order valence-corrected chi connectivity index (χ2v) is 5.88. The summed E-state index contributed by atoms with van der Waals surface area (Å²) in [4.78, 5) is 23.5. The molecule has 0 aliphatic rings. The maximum Gasteiger partial charge on any atom is 0.255 e. The Morgan fingerprint density at radius 2 is 1.50 bits per heavy atom. The largest absolute Gasteiger partial charge is 0.397 e. The highest BCUT2D eigenvalue weighted by Crippen LogP contribution is 2.27.